The van der Waals surface area contributed by atoms with Gasteiger partial charge in [0.2, 0.25) is 10.0 Å². The number of nitrogens with one attached hydrogen (secondary N) is 1. The minimum Gasteiger partial charge on any atom is -0.497 e. The van der Waals surface area contributed by atoms with Crippen molar-refractivity contribution in [2.75, 3.05) is 20.8 Å². The fourth-order valence-electron chi connectivity index (χ4n) is 3.11. The first kappa shape index (κ1) is 17.8. The zero-order valence-electron chi connectivity index (χ0n) is 14.5. The Morgan fingerprint density at radius 2 is 2.00 bits per heavy atom. The monoisotopic (exact) mass is 365 g/mol. The van der Waals surface area contributed by atoms with E-state index in [4.69, 9.17) is 9.47 Å². The van der Waals surface area contributed by atoms with E-state index >= 15 is 0 Å². The number of methoxy groups -OCH3 is 2. The van der Waals surface area contributed by atoms with Gasteiger partial charge in [0.1, 0.15) is 16.4 Å². The van der Waals surface area contributed by atoms with Crippen molar-refractivity contribution in [2.45, 2.75) is 37.1 Å². The summed E-state index contributed by atoms with van der Waals surface area (Å²) in [6.45, 7) is 0.776. The van der Waals surface area contributed by atoms with Crippen LogP contribution < -0.4 is 14.2 Å². The maximum Gasteiger partial charge on any atom is 0.244 e. The minimum absolute atomic E-state index is 0.0956. The molecule has 1 N–H and O–H groups in total. The predicted molar refractivity (Wildman–Crippen MR) is 93.6 cm³/mol. The number of rotatable bonds is 7. The molecule has 0 aliphatic heterocycles. The van der Waals surface area contributed by atoms with Gasteiger partial charge >= 0.3 is 0 Å². The maximum atomic E-state index is 12.6. The van der Waals surface area contributed by atoms with Crippen LogP contribution in [0.15, 0.2) is 29.3 Å². The predicted octanol–water partition coefficient (Wildman–Crippen LogP) is 1.76. The lowest BCUT2D eigenvalue weighted by Crippen LogP contribution is -2.28. The molecular formula is C17H23N3O4S. The summed E-state index contributed by atoms with van der Waals surface area (Å²) in [7, 11) is -0.720. The highest BCUT2D eigenvalue weighted by molar-refractivity contribution is 7.89. The fraction of sp³-hybridized carbons (Fsp3) is 0.471. The number of nitrogens with zero attached hydrogens (tertiary/aromatic N) is 2. The molecule has 136 valence electrons. The zero-order valence-corrected chi connectivity index (χ0v) is 15.3. The second-order valence-electron chi connectivity index (χ2n) is 5.96. The third-order valence-corrected chi connectivity index (χ3v) is 5.92. The molecule has 0 amide bonds. The van der Waals surface area contributed by atoms with Crippen LogP contribution in [0.5, 0.6) is 11.5 Å². The Morgan fingerprint density at radius 3 is 2.76 bits per heavy atom. The van der Waals surface area contributed by atoms with E-state index in [0.29, 0.717) is 12.3 Å². The summed E-state index contributed by atoms with van der Waals surface area (Å²) in [5.41, 5.74) is 2.51. The van der Waals surface area contributed by atoms with Gasteiger partial charge in [-0.05, 0) is 43.4 Å². The summed E-state index contributed by atoms with van der Waals surface area (Å²) >= 11 is 0. The molecule has 25 heavy (non-hydrogen) atoms. The zero-order chi connectivity index (χ0) is 17.9. The first-order chi connectivity index (χ1) is 12.0. The lowest BCUT2D eigenvalue weighted by molar-refractivity contribution is 0.386. The first-order valence-electron chi connectivity index (χ1n) is 8.30. The first-order valence-corrected chi connectivity index (χ1v) is 9.78. The molecule has 7 nitrogen and oxygen atoms in total. The molecular weight excluding hydrogens is 342 g/mol. The van der Waals surface area contributed by atoms with Crippen molar-refractivity contribution in [1.29, 1.82) is 0 Å². The summed E-state index contributed by atoms with van der Waals surface area (Å²) < 4.78 is 39.9. The number of hydrogen-bond acceptors (Lipinski definition) is 5. The Balaban J connectivity index is 1.69. The van der Waals surface area contributed by atoms with Crippen molar-refractivity contribution in [3.05, 3.63) is 35.7 Å². The molecule has 0 bridgehead atoms. The van der Waals surface area contributed by atoms with Gasteiger partial charge in [0.25, 0.3) is 0 Å². The van der Waals surface area contributed by atoms with Gasteiger partial charge in [0.15, 0.2) is 0 Å². The van der Waals surface area contributed by atoms with E-state index < -0.39 is 10.0 Å². The summed E-state index contributed by atoms with van der Waals surface area (Å²) in [5, 5.41) is 4.39. The van der Waals surface area contributed by atoms with Gasteiger partial charge in [-0.2, -0.15) is 5.10 Å². The molecule has 1 aromatic heterocycles. The molecule has 3 rings (SSSR count). The molecule has 0 spiro atoms. The molecule has 0 saturated heterocycles. The van der Waals surface area contributed by atoms with Crippen molar-refractivity contribution in [3.63, 3.8) is 0 Å². The Morgan fingerprint density at radius 1 is 1.20 bits per heavy atom. The van der Waals surface area contributed by atoms with Crippen LogP contribution in [0.4, 0.5) is 0 Å². The average Bonchev–Trinajstić information content (AvgIpc) is 3.04. The Bertz CT molecular complexity index is 846. The molecule has 0 atom stereocenters. The van der Waals surface area contributed by atoms with Crippen LogP contribution in [0.2, 0.25) is 0 Å². The quantitative estimate of drug-likeness (QED) is 0.808. The Labute approximate surface area is 148 Å². The van der Waals surface area contributed by atoms with Crippen molar-refractivity contribution in [1.82, 2.24) is 14.5 Å². The molecule has 0 fully saturated rings. The number of fused-ring (bicyclic) bond motifs is 1. The number of aromatic nitrogens is 2. The number of hydrogen-bond donors (Lipinski definition) is 1. The van der Waals surface area contributed by atoms with Gasteiger partial charge in [0, 0.05) is 18.3 Å². The molecule has 1 heterocycles. The molecule has 1 aromatic carbocycles. The van der Waals surface area contributed by atoms with E-state index in [1.807, 2.05) is 10.9 Å². The second-order valence-corrected chi connectivity index (χ2v) is 7.70. The van der Waals surface area contributed by atoms with Crippen LogP contribution in [0.25, 0.3) is 0 Å². The van der Waals surface area contributed by atoms with Crippen molar-refractivity contribution < 1.29 is 17.9 Å². The van der Waals surface area contributed by atoms with Gasteiger partial charge < -0.3 is 9.47 Å². The van der Waals surface area contributed by atoms with E-state index in [1.54, 1.807) is 12.1 Å². The molecule has 0 saturated carbocycles. The van der Waals surface area contributed by atoms with Crippen LogP contribution in [-0.2, 0) is 29.4 Å². The van der Waals surface area contributed by atoms with Crippen LogP contribution in [-0.4, -0.2) is 39.0 Å². The smallest absolute Gasteiger partial charge is 0.244 e. The minimum atomic E-state index is -3.67. The SMILES string of the molecule is COc1ccc(S(=O)(=O)NCCn2ncc3c2CCCC3)c(OC)c1. The van der Waals surface area contributed by atoms with Gasteiger partial charge in [-0.15, -0.1) is 0 Å². The molecule has 2 aromatic rings. The Hall–Kier alpha value is -2.06. The number of aryl methyl sites for hydroxylation is 1. The summed E-state index contributed by atoms with van der Waals surface area (Å²) in [6, 6.07) is 4.63. The second kappa shape index (κ2) is 7.45. The topological polar surface area (TPSA) is 82.5 Å². The lowest BCUT2D eigenvalue weighted by Gasteiger charge is -2.15. The molecule has 8 heteroatoms. The maximum absolute atomic E-state index is 12.6. The van der Waals surface area contributed by atoms with Gasteiger partial charge in [0.05, 0.1) is 27.0 Å². The number of ether oxygens (including phenoxy) is 2. The van der Waals surface area contributed by atoms with Crippen LogP contribution in [0, 0.1) is 0 Å². The van der Waals surface area contributed by atoms with E-state index in [1.165, 1.54) is 38.0 Å². The van der Waals surface area contributed by atoms with E-state index in [0.717, 1.165) is 19.3 Å². The lowest BCUT2D eigenvalue weighted by atomic mass is 9.98. The van der Waals surface area contributed by atoms with Crippen LogP contribution in [0.1, 0.15) is 24.1 Å². The average molecular weight is 365 g/mol. The largest absolute Gasteiger partial charge is 0.497 e. The van der Waals surface area contributed by atoms with E-state index in [-0.39, 0.29) is 17.2 Å². The molecule has 0 unspecified atom stereocenters. The van der Waals surface area contributed by atoms with Crippen molar-refractivity contribution in [3.8, 4) is 11.5 Å². The highest BCUT2D eigenvalue weighted by atomic mass is 32.2. The standard InChI is InChI=1S/C17H23N3O4S/c1-23-14-7-8-17(16(11-14)24-2)25(21,22)19-9-10-20-15-6-4-3-5-13(15)12-18-20/h7-8,11-12,19H,3-6,9-10H2,1-2H3. The molecule has 0 radical (unpaired) electrons. The normalized spacial score (nSPS) is 14.2. The number of benzene rings is 1. The van der Waals surface area contributed by atoms with Crippen molar-refractivity contribution in [2.24, 2.45) is 0 Å². The summed E-state index contributed by atoms with van der Waals surface area (Å²) in [6.07, 6.45) is 6.32. The van der Waals surface area contributed by atoms with Gasteiger partial charge in [-0.1, -0.05) is 0 Å². The van der Waals surface area contributed by atoms with Gasteiger partial charge in [-0.3, -0.25) is 4.68 Å². The van der Waals surface area contributed by atoms with E-state index in [2.05, 4.69) is 9.82 Å². The summed E-state index contributed by atoms with van der Waals surface area (Å²) in [4.78, 5) is 0.0956. The van der Waals surface area contributed by atoms with Gasteiger partial charge in [-0.25, -0.2) is 13.1 Å². The number of sulfonamides is 1. The molecule has 1 aliphatic rings. The Kier molecular flexibility index (Phi) is 5.29. The fourth-order valence-corrected chi connectivity index (χ4v) is 4.28. The third kappa shape index (κ3) is 3.80. The van der Waals surface area contributed by atoms with Crippen LogP contribution in [0.3, 0.4) is 0 Å². The summed E-state index contributed by atoms with van der Waals surface area (Å²) in [5.74, 6) is 0.794. The van der Waals surface area contributed by atoms with Crippen molar-refractivity contribution >= 4 is 10.0 Å². The highest BCUT2D eigenvalue weighted by Crippen LogP contribution is 2.28. The van der Waals surface area contributed by atoms with E-state index in [9.17, 15) is 8.42 Å². The molecule has 1 aliphatic carbocycles. The third-order valence-electron chi connectivity index (χ3n) is 4.42. The highest BCUT2D eigenvalue weighted by Gasteiger charge is 2.20. The van der Waals surface area contributed by atoms with Crippen LogP contribution >= 0.6 is 0 Å².